The summed E-state index contributed by atoms with van der Waals surface area (Å²) in [4.78, 5) is 7.54. The monoisotopic (exact) mass is 309 g/mol. The Hall–Kier alpha value is -1.04. The van der Waals surface area contributed by atoms with Crippen LogP contribution in [0.1, 0.15) is 32.4 Å². The largest absolute Gasteiger partial charge is 0.380 e. The fourth-order valence-corrected chi connectivity index (χ4v) is 2.80. The van der Waals surface area contributed by atoms with Crippen molar-refractivity contribution in [3.63, 3.8) is 0 Å². The minimum atomic E-state index is -0.699. The van der Waals surface area contributed by atoms with E-state index in [1.807, 2.05) is 25.2 Å². The van der Waals surface area contributed by atoms with Crippen LogP contribution in [-0.4, -0.2) is 48.7 Å². The van der Waals surface area contributed by atoms with Crippen molar-refractivity contribution in [3.05, 3.63) is 30.1 Å². The molecule has 1 unspecified atom stereocenters. The van der Waals surface area contributed by atoms with E-state index in [4.69, 9.17) is 17.0 Å². The van der Waals surface area contributed by atoms with Crippen LogP contribution in [0.25, 0.3) is 0 Å². The van der Waals surface area contributed by atoms with E-state index >= 15 is 0 Å². The van der Waals surface area contributed by atoms with Gasteiger partial charge in [-0.15, -0.1) is 0 Å². The number of hydrogen-bond acceptors (Lipinski definition) is 4. The highest BCUT2D eigenvalue weighted by molar-refractivity contribution is 7.80. The minimum Gasteiger partial charge on any atom is -0.380 e. The molecule has 0 aliphatic heterocycles. The minimum absolute atomic E-state index is 0.668. The number of thiocarbonyl (C=S) groups is 1. The molecule has 4 nitrogen and oxygen atoms in total. The second-order valence-corrected chi connectivity index (χ2v) is 5.51. The highest BCUT2D eigenvalue weighted by atomic mass is 32.1. The van der Waals surface area contributed by atoms with Gasteiger partial charge in [-0.25, -0.2) is 0 Å². The van der Waals surface area contributed by atoms with E-state index in [0.29, 0.717) is 11.5 Å². The number of nitrogens with zero attached hydrogens (tertiary/aromatic N) is 2. The predicted octanol–water partition coefficient (Wildman–Crippen LogP) is 2.59. The first-order chi connectivity index (χ1) is 10.1. The van der Waals surface area contributed by atoms with Crippen molar-refractivity contribution in [1.82, 2.24) is 15.2 Å². The maximum Gasteiger partial charge on any atom is 0.172 e. The van der Waals surface area contributed by atoms with Gasteiger partial charge >= 0.3 is 0 Å². The van der Waals surface area contributed by atoms with Crippen LogP contribution in [0, 0.1) is 0 Å². The predicted molar refractivity (Wildman–Crippen MR) is 91.6 cm³/mol. The molecular weight excluding hydrogens is 282 g/mol. The fraction of sp³-hybridized carbons (Fsp3) is 0.625. The van der Waals surface area contributed by atoms with Crippen molar-refractivity contribution in [2.45, 2.75) is 32.3 Å². The molecule has 0 aromatic carbocycles. The second kappa shape index (κ2) is 9.07. The number of pyridine rings is 1. The summed E-state index contributed by atoms with van der Waals surface area (Å²) in [5.74, 6) is 0. The van der Waals surface area contributed by atoms with Crippen molar-refractivity contribution in [2.75, 3.05) is 33.8 Å². The Labute approximate surface area is 133 Å². The molecule has 0 spiro atoms. The number of rotatable bonds is 9. The molecule has 1 aromatic rings. The van der Waals surface area contributed by atoms with Gasteiger partial charge in [0.2, 0.25) is 0 Å². The molecule has 1 atom stereocenters. The average Bonchev–Trinajstić information content (AvgIpc) is 2.53. The zero-order valence-corrected chi connectivity index (χ0v) is 14.4. The molecule has 0 bridgehead atoms. The summed E-state index contributed by atoms with van der Waals surface area (Å²) in [6.07, 6.45) is 3.99. The van der Waals surface area contributed by atoms with Crippen LogP contribution >= 0.6 is 12.2 Å². The van der Waals surface area contributed by atoms with Crippen molar-refractivity contribution < 1.29 is 4.74 Å². The van der Waals surface area contributed by atoms with E-state index in [2.05, 4.69) is 29.0 Å². The number of ether oxygens (including phenoxy) is 1. The van der Waals surface area contributed by atoms with Crippen molar-refractivity contribution >= 4 is 17.2 Å². The molecule has 5 heteroatoms. The summed E-state index contributed by atoms with van der Waals surface area (Å²) in [6, 6.07) is 5.85. The number of aromatic nitrogens is 1. The van der Waals surface area contributed by atoms with Crippen molar-refractivity contribution in [3.8, 4) is 0 Å². The van der Waals surface area contributed by atoms with Crippen LogP contribution < -0.4 is 5.32 Å². The van der Waals surface area contributed by atoms with E-state index in [9.17, 15) is 0 Å². The van der Waals surface area contributed by atoms with E-state index in [-0.39, 0.29) is 0 Å². The van der Waals surface area contributed by atoms with Gasteiger partial charge in [-0.05, 0) is 38.1 Å². The first-order valence-corrected chi connectivity index (χ1v) is 7.96. The van der Waals surface area contributed by atoms with E-state index in [0.717, 1.165) is 31.6 Å². The lowest BCUT2D eigenvalue weighted by Crippen LogP contribution is -2.52. The van der Waals surface area contributed by atoms with Gasteiger partial charge in [0.15, 0.2) is 5.60 Å². The van der Waals surface area contributed by atoms with Gasteiger partial charge in [-0.1, -0.05) is 32.1 Å². The molecule has 1 heterocycles. The molecule has 0 aliphatic rings. The van der Waals surface area contributed by atoms with Crippen molar-refractivity contribution in [1.29, 1.82) is 0 Å². The zero-order valence-electron chi connectivity index (χ0n) is 13.6. The van der Waals surface area contributed by atoms with Crippen LogP contribution in [0.15, 0.2) is 24.4 Å². The lowest BCUT2D eigenvalue weighted by molar-refractivity contribution is 0.0104. The molecular formula is C16H27N3OS. The Morgan fingerprint density at radius 3 is 2.43 bits per heavy atom. The third kappa shape index (κ3) is 4.46. The van der Waals surface area contributed by atoms with E-state index in [1.165, 1.54) is 0 Å². The molecule has 1 rings (SSSR count). The number of methoxy groups -OCH3 is 1. The summed E-state index contributed by atoms with van der Waals surface area (Å²) < 4.78 is 5.89. The lowest BCUT2D eigenvalue weighted by atomic mass is 9.96. The molecule has 0 saturated carbocycles. The van der Waals surface area contributed by atoms with Gasteiger partial charge in [0.1, 0.15) is 4.99 Å². The van der Waals surface area contributed by atoms with Gasteiger partial charge in [-0.2, -0.15) is 0 Å². The molecule has 0 radical (unpaired) electrons. The van der Waals surface area contributed by atoms with Gasteiger partial charge in [0.25, 0.3) is 0 Å². The maximum absolute atomic E-state index is 5.89. The summed E-state index contributed by atoms with van der Waals surface area (Å²) >= 11 is 5.55. The third-order valence-corrected chi connectivity index (χ3v) is 4.08. The smallest absolute Gasteiger partial charge is 0.172 e. The Morgan fingerprint density at radius 2 is 2.00 bits per heavy atom. The Balaban J connectivity index is 3.14. The van der Waals surface area contributed by atoms with Gasteiger partial charge in [-0.3, -0.25) is 9.88 Å². The van der Waals surface area contributed by atoms with Gasteiger partial charge in [0, 0.05) is 26.9 Å². The topological polar surface area (TPSA) is 37.4 Å². The first kappa shape index (κ1) is 18.0. The molecule has 1 N–H and O–H groups in total. The Morgan fingerprint density at radius 1 is 1.33 bits per heavy atom. The normalized spacial score (nSPS) is 14.0. The number of likely N-dealkylation sites (N-methyl/N-ethyl adjacent to an activating group) is 1. The van der Waals surface area contributed by atoms with Crippen LogP contribution in [0.5, 0.6) is 0 Å². The lowest BCUT2D eigenvalue weighted by Gasteiger charge is -2.37. The number of hydrogen-bond donors (Lipinski definition) is 1. The Kier molecular flexibility index (Phi) is 7.78. The first-order valence-electron chi connectivity index (χ1n) is 7.55. The molecule has 0 fully saturated rings. The molecule has 0 amide bonds. The van der Waals surface area contributed by atoms with Crippen LogP contribution in [-0.2, 0) is 10.3 Å². The van der Waals surface area contributed by atoms with Crippen LogP contribution in [0.3, 0.4) is 0 Å². The zero-order chi connectivity index (χ0) is 15.7. The van der Waals surface area contributed by atoms with Gasteiger partial charge in [0.05, 0.1) is 5.69 Å². The van der Waals surface area contributed by atoms with E-state index in [1.54, 1.807) is 13.3 Å². The van der Waals surface area contributed by atoms with Crippen LogP contribution in [0.4, 0.5) is 0 Å². The molecule has 0 saturated heterocycles. The fourth-order valence-electron chi connectivity index (χ4n) is 2.55. The maximum atomic E-state index is 5.89. The third-order valence-electron chi connectivity index (χ3n) is 3.55. The quantitative estimate of drug-likeness (QED) is 0.710. The Bertz CT molecular complexity index is 421. The second-order valence-electron chi connectivity index (χ2n) is 5.10. The summed E-state index contributed by atoms with van der Waals surface area (Å²) in [7, 11) is 3.54. The van der Waals surface area contributed by atoms with E-state index < -0.39 is 5.60 Å². The molecule has 0 aliphatic carbocycles. The van der Waals surface area contributed by atoms with Gasteiger partial charge < -0.3 is 10.1 Å². The highest BCUT2D eigenvalue weighted by Crippen LogP contribution is 2.26. The summed E-state index contributed by atoms with van der Waals surface area (Å²) in [5.41, 5.74) is 0.152. The SMILES string of the molecule is CCCN(CCC)CC(OC)(C(=S)NC)c1ccccn1. The molecule has 1 aromatic heterocycles. The molecule has 21 heavy (non-hydrogen) atoms. The number of nitrogens with one attached hydrogen (secondary N) is 1. The summed E-state index contributed by atoms with van der Waals surface area (Å²) in [6.45, 7) is 7.14. The standard InChI is InChI=1S/C16H27N3OS/c1-5-11-19(12-6-2)13-16(20-4,15(21)17-3)14-9-7-8-10-18-14/h7-10H,5-6,11-13H2,1-4H3,(H,17,21). The van der Waals surface area contributed by atoms with Crippen LogP contribution in [0.2, 0.25) is 0 Å². The molecule has 118 valence electrons. The highest BCUT2D eigenvalue weighted by Gasteiger charge is 2.39. The average molecular weight is 309 g/mol. The summed E-state index contributed by atoms with van der Waals surface area (Å²) in [5, 5.41) is 3.08. The van der Waals surface area contributed by atoms with Crippen molar-refractivity contribution in [2.24, 2.45) is 0 Å².